The topological polar surface area (TPSA) is 55.1 Å². The van der Waals surface area contributed by atoms with Crippen LogP contribution in [0.15, 0.2) is 36.4 Å². The lowest BCUT2D eigenvalue weighted by atomic mass is 10.00. The minimum Gasteiger partial charge on any atom is -0.476 e. The van der Waals surface area contributed by atoms with Gasteiger partial charge in [0.05, 0.1) is 12.1 Å². The molecule has 0 bridgehead atoms. The van der Waals surface area contributed by atoms with Gasteiger partial charge < -0.3 is 5.11 Å². The first-order valence-electron chi connectivity index (χ1n) is 7.23. The van der Waals surface area contributed by atoms with Crippen LogP contribution in [0.2, 0.25) is 0 Å². The molecule has 2 aromatic carbocycles. The predicted molar refractivity (Wildman–Crippen MR) is 86.4 cm³/mol. The molecule has 0 aliphatic heterocycles. The smallest absolute Gasteiger partial charge is 0.357 e. The molecule has 1 N–H and O–H groups in total. The van der Waals surface area contributed by atoms with Crippen LogP contribution in [-0.2, 0) is 6.54 Å². The summed E-state index contributed by atoms with van der Waals surface area (Å²) in [7, 11) is 0. The van der Waals surface area contributed by atoms with E-state index in [2.05, 4.69) is 38.0 Å². The van der Waals surface area contributed by atoms with Crippen molar-refractivity contribution in [3.63, 3.8) is 0 Å². The van der Waals surface area contributed by atoms with Crippen LogP contribution >= 0.6 is 0 Å². The lowest BCUT2D eigenvalue weighted by Crippen LogP contribution is -2.07. The zero-order chi connectivity index (χ0) is 15.9. The standard InChI is InChI=1S/C18H18N2O2/c1-11-8-12(2)15(13(3)9-11)10-20-16-7-5-4-6-14(16)17(19-20)18(21)22/h4-9H,10H2,1-3H3,(H,21,22). The fourth-order valence-electron chi connectivity index (χ4n) is 3.01. The molecule has 3 rings (SSSR count). The third kappa shape index (κ3) is 2.37. The molecule has 0 saturated heterocycles. The molecule has 0 radical (unpaired) electrons. The molecule has 0 aliphatic rings. The summed E-state index contributed by atoms with van der Waals surface area (Å²) in [5, 5.41) is 14.3. The third-order valence-corrected chi connectivity index (χ3v) is 4.01. The first-order valence-corrected chi connectivity index (χ1v) is 7.23. The van der Waals surface area contributed by atoms with E-state index in [1.165, 1.54) is 22.3 Å². The van der Waals surface area contributed by atoms with E-state index in [0.717, 1.165) is 5.52 Å². The lowest BCUT2D eigenvalue weighted by molar-refractivity contribution is 0.0691. The summed E-state index contributed by atoms with van der Waals surface area (Å²) in [5.74, 6) is -0.993. The highest BCUT2D eigenvalue weighted by molar-refractivity contribution is 6.01. The highest BCUT2D eigenvalue weighted by Gasteiger charge is 2.16. The van der Waals surface area contributed by atoms with E-state index in [1.807, 2.05) is 18.2 Å². The minimum absolute atomic E-state index is 0.109. The summed E-state index contributed by atoms with van der Waals surface area (Å²) >= 11 is 0. The Morgan fingerprint density at radius 3 is 2.41 bits per heavy atom. The molecule has 0 unspecified atom stereocenters. The lowest BCUT2D eigenvalue weighted by Gasteiger charge is -2.12. The zero-order valence-corrected chi connectivity index (χ0v) is 12.9. The maximum absolute atomic E-state index is 11.4. The van der Waals surface area contributed by atoms with Crippen molar-refractivity contribution in [1.29, 1.82) is 0 Å². The van der Waals surface area contributed by atoms with Crippen molar-refractivity contribution in [3.05, 3.63) is 64.3 Å². The minimum atomic E-state index is -0.993. The summed E-state index contributed by atoms with van der Waals surface area (Å²) in [6.07, 6.45) is 0. The molecule has 0 aliphatic carbocycles. The van der Waals surface area contributed by atoms with Gasteiger partial charge in [-0.25, -0.2) is 4.79 Å². The highest BCUT2D eigenvalue weighted by Crippen LogP contribution is 2.22. The van der Waals surface area contributed by atoms with Gasteiger partial charge in [-0.15, -0.1) is 0 Å². The second-order valence-electron chi connectivity index (χ2n) is 5.71. The van der Waals surface area contributed by atoms with Crippen LogP contribution in [-0.4, -0.2) is 20.9 Å². The van der Waals surface area contributed by atoms with Gasteiger partial charge in [-0.1, -0.05) is 35.9 Å². The number of hydrogen-bond acceptors (Lipinski definition) is 2. The molecule has 3 aromatic rings. The van der Waals surface area contributed by atoms with Crippen LogP contribution in [0.1, 0.15) is 32.7 Å². The van der Waals surface area contributed by atoms with Crippen LogP contribution in [0.4, 0.5) is 0 Å². The summed E-state index contributed by atoms with van der Waals surface area (Å²) < 4.78 is 1.78. The monoisotopic (exact) mass is 294 g/mol. The Kier molecular flexibility index (Phi) is 3.45. The number of para-hydroxylation sites is 1. The van der Waals surface area contributed by atoms with Crippen LogP contribution in [0.5, 0.6) is 0 Å². The van der Waals surface area contributed by atoms with Crippen LogP contribution in [0, 0.1) is 20.8 Å². The largest absolute Gasteiger partial charge is 0.476 e. The number of carboxylic acids is 1. The van der Waals surface area contributed by atoms with Gasteiger partial charge in [0.1, 0.15) is 0 Å². The molecule has 112 valence electrons. The van der Waals surface area contributed by atoms with Gasteiger partial charge in [-0.2, -0.15) is 5.10 Å². The van der Waals surface area contributed by atoms with Crippen LogP contribution in [0.25, 0.3) is 10.9 Å². The maximum atomic E-state index is 11.4. The van der Waals surface area contributed by atoms with E-state index in [-0.39, 0.29) is 5.69 Å². The Bertz CT molecular complexity index is 855. The molecular formula is C18H18N2O2. The van der Waals surface area contributed by atoms with Crippen molar-refractivity contribution in [2.75, 3.05) is 0 Å². The Labute approximate surface area is 129 Å². The van der Waals surface area contributed by atoms with E-state index in [4.69, 9.17) is 0 Å². The Morgan fingerprint density at radius 1 is 1.14 bits per heavy atom. The fourth-order valence-corrected chi connectivity index (χ4v) is 3.01. The highest BCUT2D eigenvalue weighted by atomic mass is 16.4. The number of aryl methyl sites for hydroxylation is 3. The molecule has 0 atom stereocenters. The number of carboxylic acid groups (broad SMARTS) is 1. The number of aromatic carboxylic acids is 1. The SMILES string of the molecule is Cc1cc(C)c(Cn2nc(C(=O)O)c3ccccc32)c(C)c1. The van der Waals surface area contributed by atoms with Gasteiger partial charge in [0.15, 0.2) is 5.69 Å². The predicted octanol–water partition coefficient (Wildman–Crippen LogP) is 3.71. The van der Waals surface area contributed by atoms with Crippen LogP contribution in [0.3, 0.4) is 0 Å². The summed E-state index contributed by atoms with van der Waals surface area (Å²) in [6, 6.07) is 11.7. The van der Waals surface area contributed by atoms with E-state index in [9.17, 15) is 9.90 Å². The van der Waals surface area contributed by atoms with E-state index >= 15 is 0 Å². The molecule has 1 heterocycles. The molecule has 22 heavy (non-hydrogen) atoms. The van der Waals surface area contributed by atoms with Gasteiger partial charge in [0.2, 0.25) is 0 Å². The quantitative estimate of drug-likeness (QED) is 0.801. The van der Waals surface area contributed by atoms with Crippen molar-refractivity contribution in [2.24, 2.45) is 0 Å². The van der Waals surface area contributed by atoms with Crippen molar-refractivity contribution in [3.8, 4) is 0 Å². The second kappa shape index (κ2) is 5.30. The van der Waals surface area contributed by atoms with Crippen LogP contribution < -0.4 is 0 Å². The molecule has 0 fully saturated rings. The third-order valence-electron chi connectivity index (χ3n) is 4.01. The van der Waals surface area contributed by atoms with Crippen molar-refractivity contribution in [2.45, 2.75) is 27.3 Å². The average molecular weight is 294 g/mol. The Balaban J connectivity index is 2.14. The number of aromatic nitrogens is 2. The van der Waals surface area contributed by atoms with E-state index in [1.54, 1.807) is 10.7 Å². The number of carbonyl (C=O) groups is 1. The van der Waals surface area contributed by atoms with Gasteiger partial charge in [0.25, 0.3) is 0 Å². The number of benzene rings is 2. The second-order valence-corrected chi connectivity index (χ2v) is 5.71. The van der Waals surface area contributed by atoms with Crippen molar-refractivity contribution in [1.82, 2.24) is 9.78 Å². The number of hydrogen-bond donors (Lipinski definition) is 1. The van der Waals surface area contributed by atoms with Gasteiger partial charge in [-0.05, 0) is 43.5 Å². The Morgan fingerprint density at radius 2 is 1.77 bits per heavy atom. The number of nitrogens with zero attached hydrogens (tertiary/aromatic N) is 2. The molecule has 4 nitrogen and oxygen atoms in total. The maximum Gasteiger partial charge on any atom is 0.357 e. The summed E-state index contributed by atoms with van der Waals surface area (Å²) in [6.45, 7) is 6.82. The van der Waals surface area contributed by atoms with Crippen molar-refractivity contribution < 1.29 is 9.90 Å². The summed E-state index contributed by atoms with van der Waals surface area (Å²) in [5.41, 5.74) is 5.78. The van der Waals surface area contributed by atoms with E-state index < -0.39 is 5.97 Å². The Hall–Kier alpha value is -2.62. The normalized spacial score (nSPS) is 11.0. The molecule has 0 spiro atoms. The number of fused-ring (bicyclic) bond motifs is 1. The summed E-state index contributed by atoms with van der Waals surface area (Å²) in [4.78, 5) is 11.4. The zero-order valence-electron chi connectivity index (χ0n) is 12.9. The van der Waals surface area contributed by atoms with E-state index in [0.29, 0.717) is 11.9 Å². The van der Waals surface area contributed by atoms with Gasteiger partial charge in [0, 0.05) is 5.39 Å². The first kappa shape index (κ1) is 14.3. The van der Waals surface area contributed by atoms with Crippen molar-refractivity contribution >= 4 is 16.9 Å². The average Bonchev–Trinajstić information content (AvgIpc) is 2.82. The molecule has 0 saturated carbocycles. The molecule has 1 aromatic heterocycles. The van der Waals surface area contributed by atoms with Gasteiger partial charge in [-0.3, -0.25) is 4.68 Å². The molecule has 4 heteroatoms. The van der Waals surface area contributed by atoms with Gasteiger partial charge >= 0.3 is 5.97 Å². The fraction of sp³-hybridized carbons (Fsp3) is 0.222. The number of rotatable bonds is 3. The molecular weight excluding hydrogens is 276 g/mol. The first-order chi connectivity index (χ1) is 10.5. The molecule has 0 amide bonds.